The van der Waals surface area contributed by atoms with E-state index in [1.165, 1.54) is 13.1 Å². The van der Waals surface area contributed by atoms with Crippen molar-refractivity contribution in [3.05, 3.63) is 43.0 Å². The van der Waals surface area contributed by atoms with Crippen LogP contribution in [0.15, 0.2) is 20.9 Å². The van der Waals surface area contributed by atoms with Crippen LogP contribution in [0.2, 0.25) is 0 Å². The maximum atomic E-state index is 12.3. The van der Waals surface area contributed by atoms with E-state index >= 15 is 0 Å². The van der Waals surface area contributed by atoms with E-state index in [0.29, 0.717) is 0 Å². The predicted octanol–water partition coefficient (Wildman–Crippen LogP) is -0.631. The number of azide groups is 1. The molecule has 17 nitrogen and oxygen atoms in total. The van der Waals surface area contributed by atoms with Gasteiger partial charge in [0, 0.05) is 23.1 Å². The summed E-state index contributed by atoms with van der Waals surface area (Å²) in [4.78, 5) is 56.1. The Bertz CT molecular complexity index is 1140. The Kier molecular flexibility index (Phi) is 7.91. The highest BCUT2D eigenvalue weighted by Gasteiger charge is 2.40. The maximum absolute atomic E-state index is 12.3. The van der Waals surface area contributed by atoms with Crippen molar-refractivity contribution in [2.45, 2.75) is 31.7 Å². The molecule has 2 rings (SSSR count). The molecule has 0 aliphatic carbocycles. The summed E-state index contributed by atoms with van der Waals surface area (Å²) in [5, 5.41) is 3.51. The first-order valence-electron chi connectivity index (χ1n) is 8.25. The molecule has 2 heterocycles. The molecule has 5 N–H and O–H groups in total. The van der Waals surface area contributed by atoms with Crippen molar-refractivity contribution >= 4 is 30.5 Å². The number of nitrogens with one attached hydrogen (secondary N) is 2. The standard InChI is InChI=1S/C10H18BN6O11P3/c1-5-3-17(10(19)13-9(5)18)8-2-6(14-15-12)7(27-8)4-26-29(11,20)28-31(24,25)16-30(21,22)23/h3,6-8H,2,4,11H2,1H3,(H,13,18,19)(H4,16,21,22,23,24,25)/t6-,7-,8-,29?/m1/s1. The van der Waals surface area contributed by atoms with Crippen molar-refractivity contribution in [2.24, 2.45) is 5.11 Å². The molecule has 1 saturated heterocycles. The number of rotatable bonds is 9. The first kappa shape index (κ1) is 25.7. The topological polar surface area (TPSA) is 255 Å². The van der Waals surface area contributed by atoms with Gasteiger partial charge >= 0.3 is 21.2 Å². The van der Waals surface area contributed by atoms with Crippen molar-refractivity contribution in [3.63, 3.8) is 0 Å². The second kappa shape index (κ2) is 9.53. The van der Waals surface area contributed by atoms with Crippen LogP contribution < -0.4 is 16.1 Å². The Morgan fingerprint density at radius 3 is 2.65 bits per heavy atom. The molecule has 1 aliphatic rings. The summed E-state index contributed by atoms with van der Waals surface area (Å²) in [7, 11) is -14.0. The van der Waals surface area contributed by atoms with Crippen LogP contribution in [0.25, 0.3) is 10.4 Å². The minimum atomic E-state index is -5.20. The van der Waals surface area contributed by atoms with Gasteiger partial charge in [-0.25, -0.2) is 18.2 Å². The minimum Gasteiger partial charge on any atom is -0.352 e. The zero-order valence-electron chi connectivity index (χ0n) is 16.0. The summed E-state index contributed by atoms with van der Waals surface area (Å²) in [6, 6.07) is -0.914. The zero-order chi connectivity index (χ0) is 23.6. The van der Waals surface area contributed by atoms with Gasteiger partial charge in [0.2, 0.25) is 0 Å². The van der Waals surface area contributed by atoms with E-state index in [4.69, 9.17) is 24.6 Å². The fourth-order valence-corrected chi connectivity index (χ4v) is 6.65. The van der Waals surface area contributed by atoms with E-state index in [9.17, 15) is 28.2 Å². The average molecular weight is 502 g/mol. The number of aromatic amines is 1. The lowest BCUT2D eigenvalue weighted by Gasteiger charge is -2.22. The van der Waals surface area contributed by atoms with Gasteiger partial charge in [-0.3, -0.25) is 18.9 Å². The first-order chi connectivity index (χ1) is 14.1. The fraction of sp³-hybridized carbons (Fsp3) is 0.600. The Hall–Kier alpha value is -1.54. The largest absolute Gasteiger partial charge is 0.418 e. The number of H-pyrrole nitrogens is 1. The Balaban J connectivity index is 2.14. The molecular formula is C10H18BN6O11P3. The van der Waals surface area contributed by atoms with Crippen molar-refractivity contribution in [3.8, 4) is 0 Å². The van der Waals surface area contributed by atoms with Crippen LogP contribution in [-0.2, 0) is 27.3 Å². The SMILES string of the molecule is BP(=O)(OC[C@H]1O[C@@H](n2cc(C)c(=O)[nH]c2=O)C[C@H]1N=[N+]=[N-])OP(=O)(O)NP(=O)(O)O. The van der Waals surface area contributed by atoms with Gasteiger partial charge in [0.15, 0.2) is 0 Å². The number of hydrogen-bond acceptors (Lipinski definition) is 9. The molecule has 0 aromatic carbocycles. The third-order valence-electron chi connectivity index (χ3n) is 3.85. The molecule has 21 heteroatoms. The molecule has 2 unspecified atom stereocenters. The second-order valence-electron chi connectivity index (χ2n) is 6.43. The number of hydrogen-bond donors (Lipinski definition) is 5. The molecule has 1 aromatic rings. The van der Waals surface area contributed by atoms with Crippen LogP contribution in [0.1, 0.15) is 18.2 Å². The van der Waals surface area contributed by atoms with Gasteiger partial charge in [-0.15, -0.1) is 4.86 Å². The second-order valence-corrected chi connectivity index (χ2v) is 11.8. The van der Waals surface area contributed by atoms with E-state index < -0.39 is 59.2 Å². The zero-order valence-corrected chi connectivity index (χ0v) is 18.6. The van der Waals surface area contributed by atoms with Crippen LogP contribution in [0, 0.1) is 6.92 Å². The minimum absolute atomic E-state index is 0.0173. The van der Waals surface area contributed by atoms with E-state index in [0.717, 1.165) is 17.0 Å². The summed E-state index contributed by atoms with van der Waals surface area (Å²) in [6.07, 6.45) is -0.836. The average Bonchev–Trinajstić information content (AvgIpc) is 2.96. The molecule has 0 radical (unpaired) electrons. The monoisotopic (exact) mass is 502 g/mol. The predicted molar refractivity (Wildman–Crippen MR) is 106 cm³/mol. The molecule has 0 spiro atoms. The van der Waals surface area contributed by atoms with Gasteiger partial charge < -0.3 is 23.9 Å². The fourth-order valence-electron chi connectivity index (χ4n) is 2.64. The van der Waals surface area contributed by atoms with Crippen LogP contribution in [-0.4, -0.2) is 50.5 Å². The number of nitrogens with zero attached hydrogens (tertiary/aromatic N) is 4. The third-order valence-corrected chi connectivity index (χ3v) is 8.59. The highest BCUT2D eigenvalue weighted by Crippen LogP contribution is 2.61. The van der Waals surface area contributed by atoms with Crippen molar-refractivity contribution in [1.29, 1.82) is 0 Å². The molecule has 0 bridgehead atoms. The Morgan fingerprint density at radius 1 is 1.42 bits per heavy atom. The van der Waals surface area contributed by atoms with Gasteiger partial charge in [0.25, 0.3) is 20.6 Å². The molecule has 1 fully saturated rings. The molecule has 1 aromatic heterocycles. The summed E-state index contributed by atoms with van der Waals surface area (Å²) in [6.45, 7) is 0.861. The summed E-state index contributed by atoms with van der Waals surface area (Å²) >= 11 is 0. The molecule has 31 heavy (non-hydrogen) atoms. The van der Waals surface area contributed by atoms with Gasteiger partial charge in [-0.05, 0) is 12.5 Å². The summed E-state index contributed by atoms with van der Waals surface area (Å²) in [5.74, 6) is 0. The lowest BCUT2D eigenvalue weighted by Crippen LogP contribution is -2.33. The molecule has 5 atom stereocenters. The van der Waals surface area contributed by atoms with Gasteiger partial charge in [0.05, 0.1) is 18.8 Å². The molecule has 0 saturated carbocycles. The van der Waals surface area contributed by atoms with E-state index in [1.54, 1.807) is 0 Å². The van der Waals surface area contributed by atoms with E-state index in [2.05, 4.69) is 19.3 Å². The number of aryl methyl sites for hydroxylation is 1. The van der Waals surface area contributed by atoms with Gasteiger partial charge in [-0.1, -0.05) is 5.11 Å². The Labute approximate surface area is 174 Å². The number of aromatic nitrogens is 2. The Morgan fingerprint density at radius 2 is 2.06 bits per heavy atom. The van der Waals surface area contributed by atoms with Crippen LogP contribution >= 0.6 is 23.0 Å². The molecule has 1 aliphatic heterocycles. The first-order valence-corrected chi connectivity index (χ1v) is 13.4. The van der Waals surface area contributed by atoms with Crippen LogP contribution in [0.4, 0.5) is 0 Å². The number of ether oxygens (including phenoxy) is 1. The quantitative estimate of drug-likeness (QED) is 0.0930. The molecule has 0 amide bonds. The maximum Gasteiger partial charge on any atom is 0.418 e. The molecule has 172 valence electrons. The molecular weight excluding hydrogens is 484 g/mol. The normalized spacial score (nSPS) is 25.4. The van der Waals surface area contributed by atoms with Gasteiger partial charge in [-0.2, -0.15) is 0 Å². The van der Waals surface area contributed by atoms with Crippen LogP contribution in [0.5, 0.6) is 0 Å². The van der Waals surface area contributed by atoms with E-state index in [-0.39, 0.29) is 12.0 Å². The van der Waals surface area contributed by atoms with Crippen molar-refractivity contribution in [2.75, 3.05) is 6.61 Å². The smallest absolute Gasteiger partial charge is 0.352 e. The van der Waals surface area contributed by atoms with Gasteiger partial charge in [0.1, 0.15) is 6.23 Å². The summed E-state index contributed by atoms with van der Waals surface area (Å²) < 4.78 is 50.7. The summed E-state index contributed by atoms with van der Waals surface area (Å²) in [5.41, 5.74) is 7.58. The van der Waals surface area contributed by atoms with Crippen molar-refractivity contribution in [1.82, 2.24) is 14.4 Å². The van der Waals surface area contributed by atoms with Crippen molar-refractivity contribution < 1.29 is 41.9 Å². The highest BCUT2D eigenvalue weighted by molar-refractivity contribution is 7.84. The van der Waals surface area contributed by atoms with Crippen LogP contribution in [0.3, 0.4) is 0 Å². The third kappa shape index (κ3) is 7.53. The van der Waals surface area contributed by atoms with E-state index in [1.807, 2.05) is 0 Å². The highest BCUT2D eigenvalue weighted by atomic mass is 31.3. The lowest BCUT2D eigenvalue weighted by molar-refractivity contribution is -0.0230. The lowest BCUT2D eigenvalue weighted by atomic mass is 10.1.